The Morgan fingerprint density at radius 2 is 2.06 bits per heavy atom. The number of ether oxygens (including phenoxy) is 1. The third-order valence-corrected chi connectivity index (χ3v) is 3.56. The van der Waals surface area contributed by atoms with E-state index in [0.717, 1.165) is 26.3 Å². The third-order valence-electron chi connectivity index (χ3n) is 3.56. The lowest BCUT2D eigenvalue weighted by Gasteiger charge is -2.07. The average molecular weight is 247 g/mol. The van der Waals surface area contributed by atoms with E-state index in [4.69, 9.17) is 4.74 Å². The number of rotatable bonds is 8. The highest BCUT2D eigenvalue weighted by molar-refractivity contribution is 5.35. The van der Waals surface area contributed by atoms with Gasteiger partial charge in [0.25, 0.3) is 0 Å². The molecule has 0 fully saturated rings. The highest BCUT2D eigenvalue weighted by atomic mass is 16.5. The summed E-state index contributed by atoms with van der Waals surface area (Å²) in [5, 5.41) is 3.44. The maximum Gasteiger partial charge on any atom is 0.0591 e. The molecule has 1 aliphatic rings. The van der Waals surface area contributed by atoms with Crippen LogP contribution in [0.15, 0.2) is 18.2 Å². The van der Waals surface area contributed by atoms with Gasteiger partial charge in [0.15, 0.2) is 0 Å². The molecule has 0 saturated heterocycles. The standard InChI is InChI=1S/C16H25NO/c1-2-3-10-18-11-9-17-13-14-7-8-15-5-4-6-16(15)12-14/h7-8,12,17H,2-6,9-11,13H2,1H3. The lowest BCUT2D eigenvalue weighted by molar-refractivity contribution is 0.133. The van der Waals surface area contributed by atoms with Gasteiger partial charge in [0.2, 0.25) is 0 Å². The van der Waals surface area contributed by atoms with Gasteiger partial charge >= 0.3 is 0 Å². The van der Waals surface area contributed by atoms with Crippen LogP contribution >= 0.6 is 0 Å². The lowest BCUT2D eigenvalue weighted by atomic mass is 10.1. The van der Waals surface area contributed by atoms with Crippen molar-refractivity contribution in [3.05, 3.63) is 34.9 Å². The van der Waals surface area contributed by atoms with Crippen LogP contribution in [0.2, 0.25) is 0 Å². The van der Waals surface area contributed by atoms with Gasteiger partial charge in [-0.05, 0) is 42.4 Å². The van der Waals surface area contributed by atoms with Gasteiger partial charge in [0, 0.05) is 19.7 Å². The smallest absolute Gasteiger partial charge is 0.0591 e. The van der Waals surface area contributed by atoms with Crippen molar-refractivity contribution in [2.45, 2.75) is 45.6 Å². The second-order valence-electron chi connectivity index (χ2n) is 5.10. The molecule has 0 bridgehead atoms. The van der Waals surface area contributed by atoms with Gasteiger partial charge < -0.3 is 10.1 Å². The second kappa shape index (κ2) is 7.55. The van der Waals surface area contributed by atoms with Crippen molar-refractivity contribution >= 4 is 0 Å². The number of aryl methyl sites for hydroxylation is 2. The molecule has 0 aliphatic heterocycles. The Morgan fingerprint density at radius 3 is 2.94 bits per heavy atom. The molecule has 1 aromatic carbocycles. The van der Waals surface area contributed by atoms with E-state index in [0.29, 0.717) is 0 Å². The van der Waals surface area contributed by atoms with E-state index in [9.17, 15) is 0 Å². The van der Waals surface area contributed by atoms with Crippen molar-refractivity contribution in [3.8, 4) is 0 Å². The van der Waals surface area contributed by atoms with E-state index >= 15 is 0 Å². The Kier molecular flexibility index (Phi) is 5.69. The summed E-state index contributed by atoms with van der Waals surface area (Å²) in [5.41, 5.74) is 4.53. The fourth-order valence-corrected chi connectivity index (χ4v) is 2.46. The topological polar surface area (TPSA) is 21.3 Å². The average Bonchev–Trinajstić information content (AvgIpc) is 2.85. The Morgan fingerprint density at radius 1 is 1.17 bits per heavy atom. The summed E-state index contributed by atoms with van der Waals surface area (Å²) in [6.45, 7) is 5.82. The maximum absolute atomic E-state index is 5.52. The summed E-state index contributed by atoms with van der Waals surface area (Å²) >= 11 is 0. The number of hydrogen-bond acceptors (Lipinski definition) is 2. The van der Waals surface area contributed by atoms with Crippen LogP contribution < -0.4 is 5.32 Å². The molecule has 2 nitrogen and oxygen atoms in total. The number of nitrogens with one attached hydrogen (secondary N) is 1. The highest BCUT2D eigenvalue weighted by Crippen LogP contribution is 2.22. The van der Waals surface area contributed by atoms with Crippen LogP contribution in [0.5, 0.6) is 0 Å². The predicted molar refractivity (Wildman–Crippen MR) is 75.9 cm³/mol. The van der Waals surface area contributed by atoms with Crippen LogP contribution in [-0.2, 0) is 24.1 Å². The summed E-state index contributed by atoms with van der Waals surface area (Å²) in [5.74, 6) is 0. The van der Waals surface area contributed by atoms with E-state index in [1.54, 1.807) is 11.1 Å². The largest absolute Gasteiger partial charge is 0.380 e. The van der Waals surface area contributed by atoms with E-state index in [-0.39, 0.29) is 0 Å². The molecule has 1 N–H and O–H groups in total. The highest BCUT2D eigenvalue weighted by Gasteiger charge is 2.10. The number of hydrogen-bond donors (Lipinski definition) is 1. The SMILES string of the molecule is CCCCOCCNCc1ccc2c(c1)CCC2. The molecule has 2 rings (SSSR count). The van der Waals surface area contributed by atoms with Gasteiger partial charge in [-0.3, -0.25) is 0 Å². The molecular weight excluding hydrogens is 222 g/mol. The van der Waals surface area contributed by atoms with E-state index in [1.807, 2.05) is 0 Å². The summed E-state index contributed by atoms with van der Waals surface area (Å²) in [6.07, 6.45) is 6.25. The van der Waals surface area contributed by atoms with E-state index in [2.05, 4.69) is 30.4 Å². The van der Waals surface area contributed by atoms with Gasteiger partial charge in [-0.25, -0.2) is 0 Å². The fraction of sp³-hybridized carbons (Fsp3) is 0.625. The maximum atomic E-state index is 5.52. The van der Waals surface area contributed by atoms with Crippen LogP contribution in [0, 0.1) is 0 Å². The quantitative estimate of drug-likeness (QED) is 0.713. The van der Waals surface area contributed by atoms with Crippen molar-refractivity contribution in [2.24, 2.45) is 0 Å². The first kappa shape index (κ1) is 13.6. The van der Waals surface area contributed by atoms with Crippen LogP contribution in [0.25, 0.3) is 0 Å². The predicted octanol–water partition coefficient (Wildman–Crippen LogP) is 3.08. The van der Waals surface area contributed by atoms with E-state index in [1.165, 1.54) is 37.7 Å². The minimum Gasteiger partial charge on any atom is -0.380 e. The molecule has 100 valence electrons. The van der Waals surface area contributed by atoms with Crippen molar-refractivity contribution in [1.82, 2.24) is 5.32 Å². The number of unbranched alkanes of at least 4 members (excludes halogenated alkanes) is 1. The number of benzene rings is 1. The Bertz CT molecular complexity index is 362. The van der Waals surface area contributed by atoms with Gasteiger partial charge in [-0.2, -0.15) is 0 Å². The first-order chi connectivity index (χ1) is 8.90. The molecule has 0 unspecified atom stereocenters. The van der Waals surface area contributed by atoms with Gasteiger partial charge in [0.05, 0.1) is 6.61 Å². The van der Waals surface area contributed by atoms with Crippen molar-refractivity contribution in [1.29, 1.82) is 0 Å². The molecule has 0 heterocycles. The molecule has 0 saturated carbocycles. The molecule has 18 heavy (non-hydrogen) atoms. The van der Waals surface area contributed by atoms with Crippen LogP contribution in [0.4, 0.5) is 0 Å². The zero-order valence-electron chi connectivity index (χ0n) is 11.5. The zero-order valence-corrected chi connectivity index (χ0v) is 11.5. The molecule has 1 aliphatic carbocycles. The van der Waals surface area contributed by atoms with Crippen LogP contribution in [-0.4, -0.2) is 19.8 Å². The minimum absolute atomic E-state index is 0.824. The zero-order chi connectivity index (χ0) is 12.6. The molecule has 0 aromatic heterocycles. The first-order valence-corrected chi connectivity index (χ1v) is 7.29. The van der Waals surface area contributed by atoms with Gasteiger partial charge in [0.1, 0.15) is 0 Å². The first-order valence-electron chi connectivity index (χ1n) is 7.29. The van der Waals surface area contributed by atoms with Crippen molar-refractivity contribution < 1.29 is 4.74 Å². The summed E-state index contributed by atoms with van der Waals surface area (Å²) in [7, 11) is 0. The minimum atomic E-state index is 0.824. The Balaban J connectivity index is 1.62. The van der Waals surface area contributed by atoms with Gasteiger partial charge in [-0.1, -0.05) is 31.5 Å². The molecule has 0 spiro atoms. The molecular formula is C16H25NO. The van der Waals surface area contributed by atoms with Gasteiger partial charge in [-0.15, -0.1) is 0 Å². The molecule has 0 amide bonds. The third kappa shape index (κ3) is 4.11. The van der Waals surface area contributed by atoms with Crippen molar-refractivity contribution in [2.75, 3.05) is 19.8 Å². The number of fused-ring (bicyclic) bond motifs is 1. The van der Waals surface area contributed by atoms with Crippen LogP contribution in [0.1, 0.15) is 42.9 Å². The Labute approximate surface area is 111 Å². The summed E-state index contributed by atoms with van der Waals surface area (Å²) in [4.78, 5) is 0. The Hall–Kier alpha value is -0.860. The van der Waals surface area contributed by atoms with Crippen LogP contribution in [0.3, 0.4) is 0 Å². The monoisotopic (exact) mass is 247 g/mol. The summed E-state index contributed by atoms with van der Waals surface area (Å²) < 4.78 is 5.52. The van der Waals surface area contributed by atoms with E-state index < -0.39 is 0 Å². The summed E-state index contributed by atoms with van der Waals surface area (Å²) in [6, 6.07) is 6.93. The lowest BCUT2D eigenvalue weighted by Crippen LogP contribution is -2.19. The van der Waals surface area contributed by atoms with Crippen molar-refractivity contribution in [3.63, 3.8) is 0 Å². The fourth-order valence-electron chi connectivity index (χ4n) is 2.46. The molecule has 1 aromatic rings. The molecule has 0 radical (unpaired) electrons. The second-order valence-corrected chi connectivity index (χ2v) is 5.10. The molecule has 2 heteroatoms. The molecule has 0 atom stereocenters. The normalized spacial score (nSPS) is 13.8.